The van der Waals surface area contributed by atoms with E-state index in [4.69, 9.17) is 21.1 Å². The predicted octanol–water partition coefficient (Wildman–Crippen LogP) is 4.67. The van der Waals surface area contributed by atoms with Crippen LogP contribution in [-0.4, -0.2) is 38.8 Å². The fourth-order valence-electron chi connectivity index (χ4n) is 3.73. The molecule has 0 spiro atoms. The molecule has 0 bridgehead atoms. The zero-order valence-electron chi connectivity index (χ0n) is 16.2. The lowest BCUT2D eigenvalue weighted by atomic mass is 10.0. The lowest BCUT2D eigenvalue weighted by Crippen LogP contribution is -2.39. The van der Waals surface area contributed by atoms with Crippen LogP contribution >= 0.6 is 11.6 Å². The van der Waals surface area contributed by atoms with Gasteiger partial charge in [0.15, 0.2) is 11.5 Å². The molecular weight excluding hydrogens is 360 g/mol. The van der Waals surface area contributed by atoms with Gasteiger partial charge < -0.3 is 14.8 Å². The standard InChI is InChI=1S/C22H29ClN2O2/c1-26-21-11-10-17(14-22(21)27-2)20(25-12-6-3-7-13-25)16-24-15-18-8-4-5-9-19(18)23/h4-5,8-11,14,20,24H,3,6-7,12-13,15-16H2,1-2H3. The summed E-state index contributed by atoms with van der Waals surface area (Å²) in [6, 6.07) is 14.6. The number of halogens is 1. The number of hydrogen-bond acceptors (Lipinski definition) is 4. The summed E-state index contributed by atoms with van der Waals surface area (Å²) in [5.41, 5.74) is 2.38. The smallest absolute Gasteiger partial charge is 0.161 e. The molecule has 0 aliphatic carbocycles. The van der Waals surface area contributed by atoms with Crippen molar-refractivity contribution in [1.82, 2.24) is 10.2 Å². The van der Waals surface area contributed by atoms with E-state index in [0.29, 0.717) is 6.04 Å². The SMILES string of the molecule is COc1ccc(C(CNCc2ccccc2Cl)N2CCCCC2)cc1OC. The molecule has 1 saturated heterocycles. The predicted molar refractivity (Wildman–Crippen MR) is 111 cm³/mol. The van der Waals surface area contributed by atoms with Gasteiger partial charge in [0.05, 0.1) is 14.2 Å². The highest BCUT2D eigenvalue weighted by Gasteiger charge is 2.23. The first-order valence-electron chi connectivity index (χ1n) is 9.63. The second-order valence-corrected chi connectivity index (χ2v) is 7.36. The molecule has 0 radical (unpaired) electrons. The molecule has 5 heteroatoms. The number of nitrogens with one attached hydrogen (secondary N) is 1. The van der Waals surface area contributed by atoms with Gasteiger partial charge in [-0.05, 0) is 55.3 Å². The molecule has 3 rings (SSSR count). The Morgan fingerprint density at radius 2 is 1.74 bits per heavy atom. The van der Waals surface area contributed by atoms with Gasteiger partial charge in [0, 0.05) is 24.2 Å². The van der Waals surface area contributed by atoms with Crippen molar-refractivity contribution in [2.24, 2.45) is 0 Å². The third-order valence-electron chi connectivity index (χ3n) is 5.23. The summed E-state index contributed by atoms with van der Waals surface area (Å²) in [6.07, 6.45) is 3.84. The van der Waals surface area contributed by atoms with E-state index < -0.39 is 0 Å². The topological polar surface area (TPSA) is 33.7 Å². The molecule has 1 unspecified atom stereocenters. The van der Waals surface area contributed by atoms with E-state index in [2.05, 4.69) is 28.4 Å². The molecule has 0 amide bonds. The largest absolute Gasteiger partial charge is 0.493 e. The van der Waals surface area contributed by atoms with Crippen LogP contribution in [0.1, 0.15) is 36.4 Å². The van der Waals surface area contributed by atoms with Crippen LogP contribution in [0, 0.1) is 0 Å². The Hall–Kier alpha value is -1.75. The molecule has 1 heterocycles. The van der Waals surface area contributed by atoms with E-state index in [-0.39, 0.29) is 0 Å². The number of hydrogen-bond donors (Lipinski definition) is 1. The summed E-state index contributed by atoms with van der Waals surface area (Å²) in [5, 5.41) is 4.42. The number of piperidine rings is 1. The van der Waals surface area contributed by atoms with Crippen LogP contribution in [0.5, 0.6) is 11.5 Å². The molecule has 146 valence electrons. The van der Waals surface area contributed by atoms with E-state index in [1.165, 1.54) is 24.8 Å². The van der Waals surface area contributed by atoms with Crippen molar-refractivity contribution in [2.75, 3.05) is 33.9 Å². The van der Waals surface area contributed by atoms with Gasteiger partial charge in [-0.2, -0.15) is 0 Å². The maximum Gasteiger partial charge on any atom is 0.161 e. The lowest BCUT2D eigenvalue weighted by molar-refractivity contribution is 0.160. The number of benzene rings is 2. The number of nitrogens with zero attached hydrogens (tertiary/aromatic N) is 1. The van der Waals surface area contributed by atoms with Gasteiger partial charge in [-0.3, -0.25) is 4.90 Å². The van der Waals surface area contributed by atoms with Gasteiger partial charge in [-0.25, -0.2) is 0 Å². The zero-order valence-corrected chi connectivity index (χ0v) is 17.0. The third kappa shape index (κ3) is 5.16. The van der Waals surface area contributed by atoms with Gasteiger partial charge >= 0.3 is 0 Å². The highest BCUT2D eigenvalue weighted by Crippen LogP contribution is 2.33. The Morgan fingerprint density at radius 3 is 2.44 bits per heavy atom. The number of ether oxygens (including phenoxy) is 2. The van der Waals surface area contributed by atoms with Crippen molar-refractivity contribution in [3.05, 3.63) is 58.6 Å². The van der Waals surface area contributed by atoms with Crippen molar-refractivity contribution in [1.29, 1.82) is 0 Å². The maximum absolute atomic E-state index is 6.30. The first-order valence-corrected chi connectivity index (χ1v) is 10.0. The number of likely N-dealkylation sites (tertiary alicyclic amines) is 1. The normalized spacial score (nSPS) is 16.1. The third-order valence-corrected chi connectivity index (χ3v) is 5.60. The molecule has 2 aromatic rings. The summed E-state index contributed by atoms with van der Waals surface area (Å²) < 4.78 is 10.9. The highest BCUT2D eigenvalue weighted by atomic mass is 35.5. The summed E-state index contributed by atoms with van der Waals surface area (Å²) >= 11 is 6.30. The maximum atomic E-state index is 6.30. The van der Waals surface area contributed by atoms with E-state index >= 15 is 0 Å². The van der Waals surface area contributed by atoms with Crippen LogP contribution in [0.4, 0.5) is 0 Å². The minimum atomic E-state index is 0.299. The van der Waals surface area contributed by atoms with Gasteiger partial charge in [0.25, 0.3) is 0 Å². The Bertz CT molecular complexity index is 732. The van der Waals surface area contributed by atoms with Crippen LogP contribution in [0.25, 0.3) is 0 Å². The van der Waals surface area contributed by atoms with Crippen molar-refractivity contribution < 1.29 is 9.47 Å². The molecule has 1 aliphatic heterocycles. The molecule has 0 aromatic heterocycles. The average molecular weight is 389 g/mol. The summed E-state index contributed by atoms with van der Waals surface area (Å²) in [4.78, 5) is 2.57. The first kappa shape index (κ1) is 20.0. The second-order valence-electron chi connectivity index (χ2n) is 6.95. The van der Waals surface area contributed by atoms with Gasteiger partial charge in [0.2, 0.25) is 0 Å². The number of methoxy groups -OCH3 is 2. The Morgan fingerprint density at radius 1 is 1.00 bits per heavy atom. The van der Waals surface area contributed by atoms with Crippen LogP contribution < -0.4 is 14.8 Å². The first-order chi connectivity index (χ1) is 13.2. The zero-order chi connectivity index (χ0) is 19.1. The molecule has 4 nitrogen and oxygen atoms in total. The van der Waals surface area contributed by atoms with Crippen molar-refractivity contribution >= 4 is 11.6 Å². The second kappa shape index (κ2) is 9.98. The Labute approximate surface area is 167 Å². The fraction of sp³-hybridized carbons (Fsp3) is 0.455. The van der Waals surface area contributed by atoms with E-state index in [1.807, 2.05) is 24.3 Å². The molecule has 0 saturated carbocycles. The summed E-state index contributed by atoms with van der Waals surface area (Å²) in [6.45, 7) is 3.89. The monoisotopic (exact) mass is 388 g/mol. The Balaban J connectivity index is 1.75. The van der Waals surface area contributed by atoms with Crippen LogP contribution in [0.3, 0.4) is 0 Å². The van der Waals surface area contributed by atoms with E-state index in [0.717, 1.165) is 48.3 Å². The van der Waals surface area contributed by atoms with Gasteiger partial charge in [0.1, 0.15) is 0 Å². The van der Waals surface area contributed by atoms with Crippen LogP contribution in [0.2, 0.25) is 5.02 Å². The quantitative estimate of drug-likeness (QED) is 0.712. The van der Waals surface area contributed by atoms with Crippen molar-refractivity contribution in [3.63, 3.8) is 0 Å². The molecule has 2 aromatic carbocycles. The van der Waals surface area contributed by atoms with Crippen molar-refractivity contribution in [2.45, 2.75) is 31.8 Å². The van der Waals surface area contributed by atoms with Crippen LogP contribution in [-0.2, 0) is 6.54 Å². The molecule has 27 heavy (non-hydrogen) atoms. The molecule has 1 atom stereocenters. The molecular formula is C22H29ClN2O2. The minimum Gasteiger partial charge on any atom is -0.493 e. The van der Waals surface area contributed by atoms with Crippen LogP contribution in [0.15, 0.2) is 42.5 Å². The average Bonchev–Trinajstić information content (AvgIpc) is 2.72. The summed E-state index contributed by atoms with van der Waals surface area (Å²) in [7, 11) is 3.36. The van der Waals surface area contributed by atoms with Crippen molar-refractivity contribution in [3.8, 4) is 11.5 Å². The molecule has 1 N–H and O–H groups in total. The molecule has 1 fully saturated rings. The van der Waals surface area contributed by atoms with Gasteiger partial charge in [-0.15, -0.1) is 0 Å². The minimum absolute atomic E-state index is 0.299. The number of rotatable bonds is 8. The van der Waals surface area contributed by atoms with E-state index in [1.54, 1.807) is 14.2 Å². The summed E-state index contributed by atoms with van der Waals surface area (Å²) in [5.74, 6) is 1.55. The van der Waals surface area contributed by atoms with E-state index in [9.17, 15) is 0 Å². The fourth-order valence-corrected chi connectivity index (χ4v) is 3.94. The molecule has 1 aliphatic rings. The Kier molecular flexibility index (Phi) is 7.39. The highest BCUT2D eigenvalue weighted by molar-refractivity contribution is 6.31. The van der Waals surface area contributed by atoms with Gasteiger partial charge in [-0.1, -0.05) is 42.3 Å². The lowest BCUT2D eigenvalue weighted by Gasteiger charge is -2.35.